The minimum atomic E-state index is -0.767. The number of aliphatic carboxylic acids is 1. The quantitative estimate of drug-likeness (QED) is 0.585. The fraction of sp³-hybridized carbons (Fsp3) is 0.500. The number of halogens is 2. The molecule has 0 heterocycles. The second-order valence-electron chi connectivity index (χ2n) is 0.639. The molecule has 0 aliphatic rings. The minimum absolute atomic E-state index is 0.291. The molecule has 0 aliphatic heterocycles. The van der Waals surface area contributed by atoms with Crippen molar-refractivity contribution in [3.8, 4) is 0 Å². The zero-order valence-corrected chi connectivity index (χ0v) is 7.00. The monoisotopic (exact) mass is 312 g/mol. The summed E-state index contributed by atoms with van der Waals surface area (Å²) in [7, 11) is 0. The second kappa shape index (κ2) is 3.00. The van der Waals surface area contributed by atoms with E-state index in [0.717, 1.165) is 0 Å². The molecule has 0 atom stereocenters. The Labute approximate surface area is 62.6 Å². The van der Waals surface area contributed by atoms with E-state index in [1.165, 1.54) is 0 Å². The van der Waals surface area contributed by atoms with Crippen molar-refractivity contribution in [3.63, 3.8) is 0 Å². The molecule has 2 nitrogen and oxygen atoms in total. The number of rotatable bonds is 1. The Morgan fingerprint density at radius 2 is 1.83 bits per heavy atom. The number of hydrogen-bond acceptors (Lipinski definition) is 1. The van der Waals surface area contributed by atoms with Crippen LogP contribution in [0.4, 0.5) is 0 Å². The van der Waals surface area contributed by atoms with Crippen molar-refractivity contribution >= 4 is 51.2 Å². The third-order valence-corrected chi connectivity index (χ3v) is 1.25. The molecule has 0 fully saturated rings. The molecule has 0 aromatic carbocycles. The minimum Gasteiger partial charge on any atom is -0.480 e. The van der Waals surface area contributed by atoms with Gasteiger partial charge in [0, 0.05) is 0 Å². The number of carbonyl (C=O) groups is 1. The lowest BCUT2D eigenvalue weighted by Gasteiger charge is -1.85. The van der Waals surface area contributed by atoms with Crippen LogP contribution in [0.2, 0.25) is 0 Å². The van der Waals surface area contributed by atoms with Crippen LogP contribution in [0.1, 0.15) is 0 Å². The molecule has 6 heavy (non-hydrogen) atoms. The molecule has 0 aromatic rings. The lowest BCUT2D eigenvalue weighted by atomic mass is 10.8. The first-order valence-electron chi connectivity index (χ1n) is 1.15. The number of carboxylic acids is 1. The standard InChI is InChI=1S/C2H2I2O2/c3-1(4)2(5)6/h1H,(H,5,6). The summed E-state index contributed by atoms with van der Waals surface area (Å²) >= 11 is 3.64. The highest BCUT2D eigenvalue weighted by atomic mass is 127. The predicted octanol–water partition coefficient (Wildman–Crippen LogP) is 1.27. The van der Waals surface area contributed by atoms with Crippen molar-refractivity contribution in [1.82, 2.24) is 0 Å². The summed E-state index contributed by atoms with van der Waals surface area (Å²) < 4.78 is -0.291. The Morgan fingerprint density at radius 1 is 1.67 bits per heavy atom. The second-order valence-corrected chi connectivity index (χ2v) is 5.51. The van der Waals surface area contributed by atoms with Crippen LogP contribution in [0.3, 0.4) is 0 Å². The van der Waals surface area contributed by atoms with Gasteiger partial charge in [0.15, 0.2) is 1.93 Å². The van der Waals surface area contributed by atoms with Gasteiger partial charge in [-0.05, 0) is 0 Å². The number of carboxylic acid groups (broad SMARTS) is 1. The van der Waals surface area contributed by atoms with Crippen LogP contribution in [0, 0.1) is 0 Å². The molecule has 0 aliphatic carbocycles. The Balaban J connectivity index is 3.26. The number of hydrogen-bond donors (Lipinski definition) is 1. The molecule has 4 heteroatoms. The van der Waals surface area contributed by atoms with Gasteiger partial charge in [-0.1, -0.05) is 45.2 Å². The highest BCUT2D eigenvalue weighted by Crippen LogP contribution is 2.07. The van der Waals surface area contributed by atoms with Gasteiger partial charge in [0.1, 0.15) is 0 Å². The lowest BCUT2D eigenvalue weighted by molar-refractivity contribution is -0.134. The summed E-state index contributed by atoms with van der Waals surface area (Å²) in [6, 6.07) is 0. The lowest BCUT2D eigenvalue weighted by Crippen LogP contribution is -2.02. The van der Waals surface area contributed by atoms with Gasteiger partial charge >= 0.3 is 5.97 Å². The first-order valence-corrected chi connectivity index (χ1v) is 3.64. The largest absolute Gasteiger partial charge is 0.480 e. The van der Waals surface area contributed by atoms with Crippen LogP contribution >= 0.6 is 45.2 Å². The molecular formula is C2H2I2O2. The third-order valence-electron chi connectivity index (χ3n) is 0.187. The van der Waals surface area contributed by atoms with Crippen molar-refractivity contribution in [3.05, 3.63) is 0 Å². The Kier molecular flexibility index (Phi) is 3.47. The highest BCUT2D eigenvalue weighted by molar-refractivity contribution is 14.2. The molecule has 36 valence electrons. The highest BCUT2D eigenvalue weighted by Gasteiger charge is 2.04. The summed E-state index contributed by atoms with van der Waals surface area (Å²) in [6.45, 7) is 0. The average molecular weight is 312 g/mol. The van der Waals surface area contributed by atoms with Gasteiger partial charge in [-0.3, -0.25) is 4.79 Å². The molecule has 0 amide bonds. The molecule has 0 spiro atoms. The zero-order chi connectivity index (χ0) is 5.15. The van der Waals surface area contributed by atoms with Crippen molar-refractivity contribution in [2.24, 2.45) is 0 Å². The van der Waals surface area contributed by atoms with Crippen LogP contribution in [0.15, 0.2) is 0 Å². The average Bonchev–Trinajstić information content (AvgIpc) is 1.36. The van der Waals surface area contributed by atoms with Crippen LogP contribution in [-0.2, 0) is 4.79 Å². The summed E-state index contributed by atoms with van der Waals surface area (Å²) in [4.78, 5) is 9.68. The maximum Gasteiger partial charge on any atom is 0.326 e. The van der Waals surface area contributed by atoms with Gasteiger partial charge < -0.3 is 5.11 Å². The molecular weight excluding hydrogens is 310 g/mol. The SMILES string of the molecule is O=C(O)C(I)I. The van der Waals surface area contributed by atoms with Gasteiger partial charge in [-0.25, -0.2) is 0 Å². The summed E-state index contributed by atoms with van der Waals surface area (Å²) in [5.41, 5.74) is 0. The molecule has 0 saturated heterocycles. The van der Waals surface area contributed by atoms with E-state index in [4.69, 9.17) is 5.11 Å². The Bertz CT molecular complexity index is 60.6. The first kappa shape index (κ1) is 6.93. The van der Waals surface area contributed by atoms with Crippen molar-refractivity contribution in [2.45, 2.75) is 1.93 Å². The molecule has 0 rings (SSSR count). The smallest absolute Gasteiger partial charge is 0.326 e. The predicted molar refractivity (Wildman–Crippen MR) is 39.5 cm³/mol. The van der Waals surface area contributed by atoms with Crippen molar-refractivity contribution in [1.29, 1.82) is 0 Å². The molecule has 1 N–H and O–H groups in total. The molecule has 0 aromatic heterocycles. The van der Waals surface area contributed by atoms with Crippen molar-refractivity contribution in [2.75, 3.05) is 0 Å². The van der Waals surface area contributed by atoms with E-state index in [1.807, 2.05) is 45.2 Å². The van der Waals surface area contributed by atoms with E-state index in [-0.39, 0.29) is 1.93 Å². The fourth-order valence-electron chi connectivity index (χ4n) is 0. The number of alkyl halides is 2. The zero-order valence-electron chi connectivity index (χ0n) is 2.69. The Hall–Kier alpha value is 0.930. The topological polar surface area (TPSA) is 37.3 Å². The molecule has 0 radical (unpaired) electrons. The van der Waals surface area contributed by atoms with Gasteiger partial charge in [0.05, 0.1) is 0 Å². The van der Waals surface area contributed by atoms with E-state index in [0.29, 0.717) is 0 Å². The van der Waals surface area contributed by atoms with E-state index in [1.54, 1.807) is 0 Å². The van der Waals surface area contributed by atoms with E-state index in [2.05, 4.69) is 0 Å². The van der Waals surface area contributed by atoms with E-state index < -0.39 is 5.97 Å². The fourth-order valence-corrected chi connectivity index (χ4v) is 0. The van der Waals surface area contributed by atoms with Gasteiger partial charge in [-0.15, -0.1) is 0 Å². The third kappa shape index (κ3) is 3.13. The van der Waals surface area contributed by atoms with Crippen LogP contribution < -0.4 is 0 Å². The molecule has 0 saturated carbocycles. The Morgan fingerprint density at radius 3 is 1.83 bits per heavy atom. The summed E-state index contributed by atoms with van der Waals surface area (Å²) in [5.74, 6) is -0.767. The van der Waals surface area contributed by atoms with Crippen LogP contribution in [-0.4, -0.2) is 13.0 Å². The normalized spacial score (nSPS) is 9.17. The van der Waals surface area contributed by atoms with Gasteiger partial charge in [0.25, 0.3) is 0 Å². The van der Waals surface area contributed by atoms with Crippen LogP contribution in [0.5, 0.6) is 0 Å². The van der Waals surface area contributed by atoms with Gasteiger partial charge in [0.2, 0.25) is 0 Å². The van der Waals surface area contributed by atoms with Gasteiger partial charge in [-0.2, -0.15) is 0 Å². The van der Waals surface area contributed by atoms with E-state index >= 15 is 0 Å². The molecule has 0 unspecified atom stereocenters. The molecule has 0 bridgehead atoms. The van der Waals surface area contributed by atoms with Crippen molar-refractivity contribution < 1.29 is 9.90 Å². The van der Waals surface area contributed by atoms with Crippen LogP contribution in [0.25, 0.3) is 0 Å². The summed E-state index contributed by atoms with van der Waals surface area (Å²) in [6.07, 6.45) is 0. The summed E-state index contributed by atoms with van der Waals surface area (Å²) in [5, 5.41) is 7.98. The maximum absolute atomic E-state index is 9.68. The first-order chi connectivity index (χ1) is 2.64. The maximum atomic E-state index is 9.68. The van der Waals surface area contributed by atoms with E-state index in [9.17, 15) is 4.79 Å².